The summed E-state index contributed by atoms with van der Waals surface area (Å²) in [6.07, 6.45) is -1.68. The number of aliphatic carboxylic acids is 1. The maximum atomic E-state index is 12.9. The lowest BCUT2D eigenvalue weighted by molar-refractivity contribution is -0.138. The van der Waals surface area contributed by atoms with Crippen LogP contribution in [0.1, 0.15) is 74.5 Å². The Kier molecular flexibility index (Phi) is 9.37. The van der Waals surface area contributed by atoms with Crippen molar-refractivity contribution in [2.75, 3.05) is 0 Å². The maximum Gasteiger partial charge on any atom is 0.416 e. The van der Waals surface area contributed by atoms with Gasteiger partial charge in [-0.05, 0) is 67.6 Å². The van der Waals surface area contributed by atoms with Crippen LogP contribution in [0.4, 0.5) is 13.2 Å². The van der Waals surface area contributed by atoms with Crippen LogP contribution in [-0.4, -0.2) is 28.0 Å². The second-order valence-electron chi connectivity index (χ2n) is 10.8. The second-order valence-corrected chi connectivity index (χ2v) is 10.8. The smallest absolute Gasteiger partial charge is 0.416 e. The molecule has 208 valence electrons. The molecule has 2 unspecified atom stereocenters. The SMILES string of the molecule is CC(CC(=O)O)NC(=O)c1ccc(OC(CCC(C)(C)C)c2ccc(-c3ccc(C(F)(F)F)cc3)nc2)cc1. The number of carbonyl (C=O) groups is 2. The van der Waals surface area contributed by atoms with Gasteiger partial charge in [0.1, 0.15) is 11.9 Å². The quantitative estimate of drug-likeness (QED) is 0.281. The summed E-state index contributed by atoms with van der Waals surface area (Å²) in [5.41, 5.74) is 1.68. The number of ether oxygens (including phenoxy) is 1. The monoisotopic (exact) mass is 542 g/mol. The highest BCUT2D eigenvalue weighted by Gasteiger charge is 2.30. The third-order valence-corrected chi connectivity index (χ3v) is 6.08. The first kappa shape index (κ1) is 29.7. The van der Waals surface area contributed by atoms with Gasteiger partial charge in [-0.25, -0.2) is 0 Å². The van der Waals surface area contributed by atoms with Gasteiger partial charge in [0.25, 0.3) is 5.91 Å². The summed E-state index contributed by atoms with van der Waals surface area (Å²) in [7, 11) is 0. The number of carboxylic acid groups (broad SMARTS) is 1. The first-order valence-electron chi connectivity index (χ1n) is 12.6. The highest BCUT2D eigenvalue weighted by Crippen LogP contribution is 2.33. The van der Waals surface area contributed by atoms with E-state index in [2.05, 4.69) is 31.1 Å². The van der Waals surface area contributed by atoms with Gasteiger partial charge in [-0.15, -0.1) is 0 Å². The van der Waals surface area contributed by atoms with Gasteiger partial charge < -0.3 is 15.2 Å². The molecule has 3 rings (SSSR count). The Balaban J connectivity index is 1.75. The van der Waals surface area contributed by atoms with Crippen molar-refractivity contribution in [3.05, 3.63) is 83.6 Å². The normalized spacial score (nSPS) is 13.4. The van der Waals surface area contributed by atoms with Gasteiger partial charge in [0.05, 0.1) is 17.7 Å². The average Bonchev–Trinajstić information content (AvgIpc) is 2.85. The fraction of sp³-hybridized carbons (Fsp3) is 0.367. The molecule has 9 heteroatoms. The van der Waals surface area contributed by atoms with Crippen LogP contribution >= 0.6 is 0 Å². The van der Waals surface area contributed by atoms with E-state index in [4.69, 9.17) is 9.84 Å². The molecule has 0 aliphatic rings. The van der Waals surface area contributed by atoms with Crippen LogP contribution in [0.25, 0.3) is 11.3 Å². The second kappa shape index (κ2) is 12.3. The number of pyridine rings is 1. The summed E-state index contributed by atoms with van der Waals surface area (Å²) in [5.74, 6) is -0.812. The van der Waals surface area contributed by atoms with E-state index in [1.54, 1.807) is 43.5 Å². The van der Waals surface area contributed by atoms with Crippen molar-refractivity contribution >= 4 is 11.9 Å². The molecule has 0 aliphatic heterocycles. The average molecular weight is 543 g/mol. The minimum atomic E-state index is -4.39. The number of carboxylic acids is 1. The first-order chi connectivity index (χ1) is 18.2. The van der Waals surface area contributed by atoms with Crippen LogP contribution in [0.3, 0.4) is 0 Å². The van der Waals surface area contributed by atoms with Crippen molar-refractivity contribution in [3.8, 4) is 17.0 Å². The Hall–Kier alpha value is -3.88. The number of rotatable bonds is 10. The van der Waals surface area contributed by atoms with Crippen molar-refractivity contribution in [3.63, 3.8) is 0 Å². The van der Waals surface area contributed by atoms with Gasteiger partial charge in [-0.1, -0.05) is 39.0 Å². The molecule has 2 N–H and O–H groups in total. The molecule has 0 fully saturated rings. The molecule has 0 spiro atoms. The van der Waals surface area contributed by atoms with Crippen molar-refractivity contribution in [1.29, 1.82) is 0 Å². The molecule has 39 heavy (non-hydrogen) atoms. The Morgan fingerprint density at radius 2 is 1.62 bits per heavy atom. The third-order valence-electron chi connectivity index (χ3n) is 6.08. The minimum absolute atomic E-state index is 0.0593. The Bertz CT molecular complexity index is 1250. The molecule has 0 radical (unpaired) electrons. The van der Waals surface area contributed by atoms with Crippen LogP contribution in [0, 0.1) is 5.41 Å². The first-order valence-corrected chi connectivity index (χ1v) is 12.6. The fourth-order valence-electron chi connectivity index (χ4n) is 3.92. The van der Waals surface area contributed by atoms with Gasteiger partial charge in [0, 0.05) is 28.9 Å². The number of nitrogens with zero attached hydrogens (tertiary/aromatic N) is 1. The maximum absolute atomic E-state index is 12.9. The minimum Gasteiger partial charge on any atom is -0.486 e. The van der Waals surface area contributed by atoms with Gasteiger partial charge in [-0.3, -0.25) is 14.6 Å². The van der Waals surface area contributed by atoms with E-state index in [9.17, 15) is 22.8 Å². The van der Waals surface area contributed by atoms with Gasteiger partial charge >= 0.3 is 12.1 Å². The van der Waals surface area contributed by atoms with Crippen LogP contribution in [0.2, 0.25) is 0 Å². The van der Waals surface area contributed by atoms with E-state index in [1.165, 1.54) is 12.1 Å². The lowest BCUT2D eigenvalue weighted by Crippen LogP contribution is -2.34. The van der Waals surface area contributed by atoms with Crippen LogP contribution in [-0.2, 0) is 11.0 Å². The van der Waals surface area contributed by atoms with E-state index >= 15 is 0 Å². The molecular formula is C30H33F3N2O4. The largest absolute Gasteiger partial charge is 0.486 e. The lowest BCUT2D eigenvalue weighted by Gasteiger charge is -2.24. The van der Waals surface area contributed by atoms with Crippen LogP contribution < -0.4 is 10.1 Å². The number of nitrogens with one attached hydrogen (secondary N) is 1. The molecule has 1 aromatic heterocycles. The lowest BCUT2D eigenvalue weighted by atomic mass is 9.88. The fourth-order valence-corrected chi connectivity index (χ4v) is 3.92. The number of hydrogen-bond acceptors (Lipinski definition) is 4. The molecule has 3 aromatic rings. The molecule has 1 heterocycles. The summed E-state index contributed by atoms with van der Waals surface area (Å²) in [4.78, 5) is 27.7. The molecule has 1 amide bonds. The molecule has 2 aromatic carbocycles. The van der Waals surface area contributed by atoms with Crippen molar-refractivity contribution < 1.29 is 32.6 Å². The summed E-state index contributed by atoms with van der Waals surface area (Å²) in [6, 6.07) is 14.6. The standard InChI is InChI=1S/C30H33F3N2O4/c1-19(17-27(36)37)35-28(38)21-7-12-24(13-8-21)39-26(15-16-29(2,3)4)22-9-14-25(34-18-22)20-5-10-23(11-6-20)30(31,32)33/h5-14,18-19,26H,15-17H2,1-4H3,(H,35,38)(H,36,37). The van der Waals surface area contributed by atoms with Gasteiger partial charge in [-0.2, -0.15) is 13.2 Å². The topological polar surface area (TPSA) is 88.5 Å². The Morgan fingerprint density at radius 1 is 0.974 bits per heavy atom. The highest BCUT2D eigenvalue weighted by atomic mass is 19.4. The Morgan fingerprint density at radius 3 is 2.13 bits per heavy atom. The summed E-state index contributed by atoms with van der Waals surface area (Å²) >= 11 is 0. The van der Waals surface area contributed by atoms with Crippen LogP contribution in [0.5, 0.6) is 5.75 Å². The van der Waals surface area contributed by atoms with E-state index in [-0.39, 0.29) is 23.8 Å². The van der Waals surface area contributed by atoms with Crippen molar-refractivity contribution in [2.45, 2.75) is 65.3 Å². The number of benzene rings is 2. The molecule has 0 aliphatic carbocycles. The number of alkyl halides is 3. The molecule has 0 saturated carbocycles. The van der Waals surface area contributed by atoms with E-state index in [0.29, 0.717) is 29.0 Å². The number of amides is 1. The van der Waals surface area contributed by atoms with Crippen molar-refractivity contribution in [1.82, 2.24) is 10.3 Å². The predicted octanol–water partition coefficient (Wildman–Crippen LogP) is 7.31. The molecular weight excluding hydrogens is 509 g/mol. The number of hydrogen-bond donors (Lipinski definition) is 2. The van der Waals surface area contributed by atoms with E-state index in [0.717, 1.165) is 24.1 Å². The molecule has 2 atom stereocenters. The highest BCUT2D eigenvalue weighted by molar-refractivity contribution is 5.94. The summed E-state index contributed by atoms with van der Waals surface area (Å²) < 4.78 is 44.9. The predicted molar refractivity (Wildman–Crippen MR) is 142 cm³/mol. The van der Waals surface area contributed by atoms with Gasteiger partial charge in [0.15, 0.2) is 0 Å². The third kappa shape index (κ3) is 9.12. The summed E-state index contributed by atoms with van der Waals surface area (Å²) in [5, 5.41) is 11.5. The number of carbonyl (C=O) groups excluding carboxylic acids is 1. The summed E-state index contributed by atoms with van der Waals surface area (Å²) in [6.45, 7) is 8.03. The molecule has 0 saturated heterocycles. The van der Waals surface area contributed by atoms with Crippen LogP contribution in [0.15, 0.2) is 66.9 Å². The zero-order chi connectivity index (χ0) is 28.8. The van der Waals surface area contributed by atoms with Gasteiger partial charge in [0.2, 0.25) is 0 Å². The number of halogens is 3. The molecule has 6 nitrogen and oxygen atoms in total. The van der Waals surface area contributed by atoms with Crippen molar-refractivity contribution in [2.24, 2.45) is 5.41 Å². The zero-order valence-electron chi connectivity index (χ0n) is 22.4. The number of aromatic nitrogens is 1. The zero-order valence-corrected chi connectivity index (χ0v) is 22.4. The Labute approximate surface area is 226 Å². The van der Waals surface area contributed by atoms with E-state index < -0.39 is 23.8 Å². The van der Waals surface area contributed by atoms with E-state index in [1.807, 2.05) is 6.07 Å². The molecule has 0 bridgehead atoms.